The van der Waals surface area contributed by atoms with Crippen LogP contribution in [0.5, 0.6) is 0 Å². The Kier molecular flexibility index (Phi) is 4.19. The number of carbonyl (C=O) groups excluding carboxylic acids is 2. The van der Waals surface area contributed by atoms with Crippen molar-refractivity contribution in [2.75, 3.05) is 16.8 Å². The van der Waals surface area contributed by atoms with Crippen molar-refractivity contribution in [3.8, 4) is 0 Å². The molecular formula is C18H20N2O3. The number of nitrogens with zero attached hydrogens (tertiary/aromatic N) is 1. The van der Waals surface area contributed by atoms with E-state index in [0.29, 0.717) is 29.2 Å². The van der Waals surface area contributed by atoms with E-state index in [2.05, 4.69) is 5.32 Å². The molecule has 3 rings (SSSR count). The first kappa shape index (κ1) is 15.3. The van der Waals surface area contributed by atoms with Crippen molar-refractivity contribution >= 4 is 23.2 Å². The normalized spacial score (nSPS) is 14.9. The number of piperidine rings is 1. The third-order valence-corrected chi connectivity index (χ3v) is 4.02. The SMILES string of the molecule is Cc1cc(C(=O)Nc2cccc(N3CCCCC3=O)c2)c(C)o1. The highest BCUT2D eigenvalue weighted by molar-refractivity contribution is 6.05. The molecule has 1 aromatic heterocycles. The average Bonchev–Trinajstić information content (AvgIpc) is 2.87. The summed E-state index contributed by atoms with van der Waals surface area (Å²) in [5.41, 5.74) is 2.03. The van der Waals surface area contributed by atoms with Crippen molar-refractivity contribution in [3.63, 3.8) is 0 Å². The monoisotopic (exact) mass is 312 g/mol. The van der Waals surface area contributed by atoms with Gasteiger partial charge in [0.05, 0.1) is 5.56 Å². The van der Waals surface area contributed by atoms with E-state index in [1.165, 1.54) is 0 Å². The zero-order valence-corrected chi connectivity index (χ0v) is 13.4. The van der Waals surface area contributed by atoms with Gasteiger partial charge in [-0.3, -0.25) is 9.59 Å². The van der Waals surface area contributed by atoms with Gasteiger partial charge in [-0.25, -0.2) is 0 Å². The van der Waals surface area contributed by atoms with E-state index in [9.17, 15) is 9.59 Å². The number of amides is 2. The average molecular weight is 312 g/mol. The summed E-state index contributed by atoms with van der Waals surface area (Å²) in [6.45, 7) is 4.31. The van der Waals surface area contributed by atoms with Crippen molar-refractivity contribution in [3.05, 3.63) is 47.4 Å². The second-order valence-corrected chi connectivity index (χ2v) is 5.83. The molecule has 5 heteroatoms. The van der Waals surface area contributed by atoms with Crippen LogP contribution >= 0.6 is 0 Å². The molecule has 0 saturated carbocycles. The van der Waals surface area contributed by atoms with Crippen LogP contribution in [0.4, 0.5) is 11.4 Å². The number of benzene rings is 1. The van der Waals surface area contributed by atoms with Crippen LogP contribution in [0.25, 0.3) is 0 Å². The molecule has 5 nitrogen and oxygen atoms in total. The zero-order chi connectivity index (χ0) is 16.4. The topological polar surface area (TPSA) is 62.6 Å². The highest BCUT2D eigenvalue weighted by Gasteiger charge is 2.20. The molecule has 1 fully saturated rings. The molecule has 1 saturated heterocycles. The molecule has 1 N–H and O–H groups in total. The summed E-state index contributed by atoms with van der Waals surface area (Å²) in [5.74, 6) is 1.24. The molecule has 2 aromatic rings. The smallest absolute Gasteiger partial charge is 0.259 e. The zero-order valence-electron chi connectivity index (χ0n) is 13.4. The van der Waals surface area contributed by atoms with Crippen LogP contribution in [0.1, 0.15) is 41.1 Å². The Hall–Kier alpha value is -2.56. The van der Waals surface area contributed by atoms with Crippen LogP contribution in [0.3, 0.4) is 0 Å². The number of rotatable bonds is 3. The van der Waals surface area contributed by atoms with Gasteiger partial charge in [0.25, 0.3) is 5.91 Å². The van der Waals surface area contributed by atoms with Crippen LogP contribution in [0.15, 0.2) is 34.7 Å². The Morgan fingerprint density at radius 1 is 1.22 bits per heavy atom. The summed E-state index contributed by atoms with van der Waals surface area (Å²) >= 11 is 0. The number of carbonyl (C=O) groups is 2. The molecule has 1 aliphatic heterocycles. The fourth-order valence-electron chi connectivity index (χ4n) is 2.89. The lowest BCUT2D eigenvalue weighted by Crippen LogP contribution is -2.35. The van der Waals surface area contributed by atoms with Crippen molar-refractivity contribution < 1.29 is 14.0 Å². The Labute approximate surface area is 135 Å². The lowest BCUT2D eigenvalue weighted by atomic mass is 10.1. The van der Waals surface area contributed by atoms with E-state index >= 15 is 0 Å². The largest absolute Gasteiger partial charge is 0.466 e. The van der Waals surface area contributed by atoms with Crippen LogP contribution in [-0.2, 0) is 4.79 Å². The Morgan fingerprint density at radius 3 is 2.74 bits per heavy atom. The molecule has 0 atom stereocenters. The third kappa shape index (κ3) is 3.28. The van der Waals surface area contributed by atoms with Gasteiger partial charge in [0, 0.05) is 24.3 Å². The molecule has 0 bridgehead atoms. The molecule has 23 heavy (non-hydrogen) atoms. The van der Waals surface area contributed by atoms with E-state index < -0.39 is 0 Å². The van der Waals surface area contributed by atoms with Gasteiger partial charge < -0.3 is 14.6 Å². The Bertz CT molecular complexity index is 748. The minimum atomic E-state index is -0.207. The number of furan rings is 1. The molecule has 0 aliphatic carbocycles. The molecule has 0 radical (unpaired) electrons. The number of aryl methyl sites for hydroxylation is 2. The lowest BCUT2D eigenvalue weighted by molar-refractivity contribution is -0.119. The fraction of sp³-hybridized carbons (Fsp3) is 0.333. The summed E-state index contributed by atoms with van der Waals surface area (Å²) in [5, 5.41) is 2.87. The molecule has 2 heterocycles. The van der Waals surface area contributed by atoms with Gasteiger partial charge in [0.15, 0.2) is 0 Å². The van der Waals surface area contributed by atoms with Crippen LogP contribution in [0.2, 0.25) is 0 Å². The molecule has 1 aliphatic rings. The highest BCUT2D eigenvalue weighted by atomic mass is 16.3. The molecular weight excluding hydrogens is 292 g/mol. The van der Waals surface area contributed by atoms with Gasteiger partial charge in [-0.15, -0.1) is 0 Å². The minimum absolute atomic E-state index is 0.140. The van der Waals surface area contributed by atoms with Crippen LogP contribution in [-0.4, -0.2) is 18.4 Å². The third-order valence-electron chi connectivity index (χ3n) is 4.02. The van der Waals surface area contributed by atoms with E-state index in [4.69, 9.17) is 4.42 Å². The lowest BCUT2D eigenvalue weighted by Gasteiger charge is -2.27. The minimum Gasteiger partial charge on any atom is -0.466 e. The van der Waals surface area contributed by atoms with Crippen LogP contribution < -0.4 is 10.2 Å². The predicted molar refractivity (Wildman–Crippen MR) is 88.8 cm³/mol. The molecule has 120 valence electrons. The van der Waals surface area contributed by atoms with Crippen molar-refractivity contribution in [1.29, 1.82) is 0 Å². The predicted octanol–water partition coefficient (Wildman–Crippen LogP) is 3.67. The van der Waals surface area contributed by atoms with Crippen LogP contribution in [0, 0.1) is 13.8 Å². The first-order valence-electron chi connectivity index (χ1n) is 7.83. The molecule has 1 aromatic carbocycles. The molecule has 0 spiro atoms. The van der Waals surface area contributed by atoms with Gasteiger partial charge in [-0.05, 0) is 51.0 Å². The Morgan fingerprint density at radius 2 is 2.04 bits per heavy atom. The summed E-state index contributed by atoms with van der Waals surface area (Å²) in [6, 6.07) is 9.12. The molecule has 2 amide bonds. The van der Waals surface area contributed by atoms with E-state index in [1.807, 2.05) is 31.2 Å². The van der Waals surface area contributed by atoms with Crippen molar-refractivity contribution in [2.45, 2.75) is 33.1 Å². The van der Waals surface area contributed by atoms with E-state index in [-0.39, 0.29) is 11.8 Å². The summed E-state index contributed by atoms with van der Waals surface area (Å²) in [6.07, 6.45) is 2.55. The number of hydrogen-bond donors (Lipinski definition) is 1. The van der Waals surface area contributed by atoms with Gasteiger partial charge in [-0.2, -0.15) is 0 Å². The number of nitrogens with one attached hydrogen (secondary N) is 1. The first-order chi connectivity index (χ1) is 11.0. The van der Waals surface area contributed by atoms with Crippen molar-refractivity contribution in [1.82, 2.24) is 0 Å². The maximum Gasteiger partial charge on any atom is 0.259 e. The standard InChI is InChI=1S/C18H20N2O3/c1-12-10-16(13(2)23-12)18(22)19-14-6-5-7-15(11-14)20-9-4-3-8-17(20)21/h5-7,10-11H,3-4,8-9H2,1-2H3,(H,19,22). The van der Waals surface area contributed by atoms with E-state index in [1.54, 1.807) is 17.9 Å². The van der Waals surface area contributed by atoms with Gasteiger partial charge in [-0.1, -0.05) is 6.07 Å². The van der Waals surface area contributed by atoms with Gasteiger partial charge in [0.1, 0.15) is 11.5 Å². The fourth-order valence-corrected chi connectivity index (χ4v) is 2.89. The van der Waals surface area contributed by atoms with Gasteiger partial charge >= 0.3 is 0 Å². The summed E-state index contributed by atoms with van der Waals surface area (Å²) in [4.78, 5) is 26.2. The van der Waals surface area contributed by atoms with Gasteiger partial charge in [0.2, 0.25) is 5.91 Å². The number of hydrogen-bond acceptors (Lipinski definition) is 3. The number of anilines is 2. The second-order valence-electron chi connectivity index (χ2n) is 5.83. The highest BCUT2D eigenvalue weighted by Crippen LogP contribution is 2.24. The second kappa shape index (κ2) is 6.28. The summed E-state index contributed by atoms with van der Waals surface area (Å²) in [7, 11) is 0. The maximum absolute atomic E-state index is 12.3. The van der Waals surface area contributed by atoms with Crippen molar-refractivity contribution in [2.24, 2.45) is 0 Å². The maximum atomic E-state index is 12.3. The molecule has 0 unspecified atom stereocenters. The summed E-state index contributed by atoms with van der Waals surface area (Å²) < 4.78 is 5.39. The quantitative estimate of drug-likeness (QED) is 0.940. The van der Waals surface area contributed by atoms with E-state index in [0.717, 1.165) is 25.1 Å². The Balaban J connectivity index is 1.78. The first-order valence-corrected chi connectivity index (χ1v) is 7.83.